The first-order valence-corrected chi connectivity index (χ1v) is 6.94. The van der Waals surface area contributed by atoms with Crippen molar-refractivity contribution in [3.8, 4) is 10.9 Å². The summed E-state index contributed by atoms with van der Waals surface area (Å²) in [6.45, 7) is 6.22. The molecule has 2 aromatic rings. The Labute approximate surface area is 118 Å². The standard InChI is InChI=1S/C11H12IN3OS/c1-11(2,3)9-14-10(17-15-9)16-7-4-5-8(12)13-6-7/h4-6H,1-3H3. The molecule has 0 N–H and O–H groups in total. The van der Waals surface area contributed by atoms with E-state index in [9.17, 15) is 0 Å². The van der Waals surface area contributed by atoms with Crippen LogP contribution in [-0.4, -0.2) is 14.3 Å². The van der Waals surface area contributed by atoms with Crippen LogP contribution in [0.3, 0.4) is 0 Å². The molecule has 0 amide bonds. The number of pyridine rings is 1. The fourth-order valence-corrected chi connectivity index (χ4v) is 2.14. The molecule has 6 heteroatoms. The van der Waals surface area contributed by atoms with Crippen molar-refractivity contribution in [1.82, 2.24) is 14.3 Å². The highest BCUT2D eigenvalue weighted by Crippen LogP contribution is 2.27. The van der Waals surface area contributed by atoms with Crippen LogP contribution in [0.2, 0.25) is 0 Å². The Morgan fingerprint density at radius 2 is 2.06 bits per heavy atom. The van der Waals surface area contributed by atoms with E-state index < -0.39 is 0 Å². The minimum Gasteiger partial charge on any atom is -0.428 e. The zero-order valence-electron chi connectivity index (χ0n) is 9.77. The van der Waals surface area contributed by atoms with E-state index in [4.69, 9.17) is 4.74 Å². The van der Waals surface area contributed by atoms with Crippen LogP contribution >= 0.6 is 34.1 Å². The predicted molar refractivity (Wildman–Crippen MR) is 75.6 cm³/mol. The van der Waals surface area contributed by atoms with Gasteiger partial charge in [-0.1, -0.05) is 20.8 Å². The van der Waals surface area contributed by atoms with Gasteiger partial charge >= 0.3 is 0 Å². The molecule has 2 rings (SSSR count). The van der Waals surface area contributed by atoms with Gasteiger partial charge in [0, 0.05) is 16.9 Å². The second kappa shape index (κ2) is 4.85. The summed E-state index contributed by atoms with van der Waals surface area (Å²) in [6, 6.07) is 3.76. The molecule has 0 aromatic carbocycles. The highest BCUT2D eigenvalue weighted by Gasteiger charge is 2.20. The smallest absolute Gasteiger partial charge is 0.298 e. The fraction of sp³-hybridized carbons (Fsp3) is 0.364. The lowest BCUT2D eigenvalue weighted by molar-refractivity contribution is 0.466. The number of halogens is 1. The summed E-state index contributed by atoms with van der Waals surface area (Å²) in [5.74, 6) is 1.48. The van der Waals surface area contributed by atoms with Crippen LogP contribution in [0, 0.1) is 3.70 Å². The number of aromatic nitrogens is 3. The van der Waals surface area contributed by atoms with Crippen molar-refractivity contribution in [3.05, 3.63) is 27.9 Å². The molecule has 2 aromatic heterocycles. The lowest BCUT2D eigenvalue weighted by atomic mass is 9.96. The van der Waals surface area contributed by atoms with E-state index >= 15 is 0 Å². The Morgan fingerprint density at radius 1 is 1.29 bits per heavy atom. The van der Waals surface area contributed by atoms with Crippen LogP contribution in [0.5, 0.6) is 10.9 Å². The molecule has 0 aliphatic carbocycles. The Morgan fingerprint density at radius 3 is 2.59 bits per heavy atom. The molecule has 0 fully saturated rings. The van der Waals surface area contributed by atoms with Crippen LogP contribution in [0.15, 0.2) is 18.3 Å². The third-order valence-electron chi connectivity index (χ3n) is 1.98. The third kappa shape index (κ3) is 3.35. The van der Waals surface area contributed by atoms with Gasteiger partial charge < -0.3 is 4.74 Å². The Hall–Kier alpha value is -0.760. The van der Waals surface area contributed by atoms with Crippen LogP contribution in [0.25, 0.3) is 0 Å². The molecule has 0 radical (unpaired) electrons. The molecule has 0 atom stereocenters. The minimum absolute atomic E-state index is 0.0531. The van der Waals surface area contributed by atoms with Gasteiger partial charge in [-0.05, 0) is 34.7 Å². The van der Waals surface area contributed by atoms with Crippen LogP contribution in [0.1, 0.15) is 26.6 Å². The molecular formula is C11H12IN3OS. The molecular weight excluding hydrogens is 349 g/mol. The first-order valence-electron chi connectivity index (χ1n) is 5.09. The molecule has 90 valence electrons. The molecule has 0 spiro atoms. The molecule has 0 aliphatic rings. The van der Waals surface area contributed by atoms with Gasteiger partial charge in [0.15, 0.2) is 5.82 Å². The zero-order chi connectivity index (χ0) is 12.5. The normalized spacial score (nSPS) is 11.5. The SMILES string of the molecule is CC(C)(C)c1nsc(Oc2ccc(I)nc2)n1. The summed E-state index contributed by atoms with van der Waals surface area (Å²) in [6.07, 6.45) is 1.68. The number of hydrogen-bond donors (Lipinski definition) is 0. The van der Waals surface area contributed by atoms with Crippen molar-refractivity contribution in [3.63, 3.8) is 0 Å². The Balaban J connectivity index is 2.14. The van der Waals surface area contributed by atoms with Gasteiger partial charge in [-0.3, -0.25) is 0 Å². The molecule has 17 heavy (non-hydrogen) atoms. The highest BCUT2D eigenvalue weighted by atomic mass is 127. The highest BCUT2D eigenvalue weighted by molar-refractivity contribution is 14.1. The van der Waals surface area contributed by atoms with E-state index in [0.29, 0.717) is 10.9 Å². The van der Waals surface area contributed by atoms with E-state index in [0.717, 1.165) is 9.53 Å². The summed E-state index contributed by atoms with van der Waals surface area (Å²) in [4.78, 5) is 8.50. The second-order valence-corrected chi connectivity index (χ2v) is 6.37. The lowest BCUT2D eigenvalue weighted by Gasteiger charge is -2.11. The summed E-state index contributed by atoms with van der Waals surface area (Å²) in [7, 11) is 0. The van der Waals surface area contributed by atoms with Gasteiger partial charge in [0.25, 0.3) is 5.19 Å². The van der Waals surface area contributed by atoms with Gasteiger partial charge in [-0.15, -0.1) is 0 Å². The summed E-state index contributed by atoms with van der Waals surface area (Å²) >= 11 is 3.41. The fourth-order valence-electron chi connectivity index (χ4n) is 1.08. The van der Waals surface area contributed by atoms with E-state index in [1.165, 1.54) is 11.5 Å². The number of ether oxygens (including phenoxy) is 1. The number of nitrogens with zero attached hydrogens (tertiary/aromatic N) is 3. The first kappa shape index (κ1) is 12.7. The number of hydrogen-bond acceptors (Lipinski definition) is 5. The largest absolute Gasteiger partial charge is 0.428 e. The van der Waals surface area contributed by atoms with E-state index in [1.807, 2.05) is 12.1 Å². The quantitative estimate of drug-likeness (QED) is 0.606. The Bertz CT molecular complexity index is 504. The van der Waals surface area contributed by atoms with E-state index in [2.05, 4.69) is 57.7 Å². The zero-order valence-corrected chi connectivity index (χ0v) is 12.7. The van der Waals surface area contributed by atoms with E-state index in [-0.39, 0.29) is 5.41 Å². The maximum absolute atomic E-state index is 5.59. The minimum atomic E-state index is -0.0531. The summed E-state index contributed by atoms with van der Waals surface area (Å²) in [5.41, 5.74) is -0.0531. The van der Waals surface area contributed by atoms with Gasteiger partial charge in [0.05, 0.1) is 6.20 Å². The molecule has 0 unspecified atom stereocenters. The number of rotatable bonds is 2. The second-order valence-electron chi connectivity index (χ2n) is 4.55. The predicted octanol–water partition coefficient (Wildman–Crippen LogP) is 3.63. The molecule has 0 aliphatic heterocycles. The van der Waals surface area contributed by atoms with Gasteiger partial charge in [0.2, 0.25) is 0 Å². The lowest BCUT2D eigenvalue weighted by Crippen LogP contribution is -2.12. The summed E-state index contributed by atoms with van der Waals surface area (Å²) in [5, 5.41) is 0.554. The molecule has 2 heterocycles. The maximum Gasteiger partial charge on any atom is 0.298 e. The molecule has 0 bridgehead atoms. The van der Waals surface area contributed by atoms with Crippen molar-refractivity contribution < 1.29 is 4.74 Å². The van der Waals surface area contributed by atoms with Crippen molar-refractivity contribution in [2.75, 3.05) is 0 Å². The Kier molecular flexibility index (Phi) is 3.62. The van der Waals surface area contributed by atoms with Crippen molar-refractivity contribution >= 4 is 34.1 Å². The average molecular weight is 361 g/mol. The van der Waals surface area contributed by atoms with Crippen molar-refractivity contribution in [2.45, 2.75) is 26.2 Å². The van der Waals surface area contributed by atoms with Crippen LogP contribution < -0.4 is 4.74 Å². The van der Waals surface area contributed by atoms with Crippen molar-refractivity contribution in [1.29, 1.82) is 0 Å². The van der Waals surface area contributed by atoms with Gasteiger partial charge in [-0.2, -0.15) is 9.36 Å². The third-order valence-corrected chi connectivity index (χ3v) is 3.22. The topological polar surface area (TPSA) is 47.9 Å². The van der Waals surface area contributed by atoms with Crippen LogP contribution in [0.4, 0.5) is 0 Å². The van der Waals surface area contributed by atoms with Gasteiger partial charge in [0.1, 0.15) is 9.45 Å². The maximum atomic E-state index is 5.59. The summed E-state index contributed by atoms with van der Waals surface area (Å²) < 4.78 is 10.8. The molecule has 0 saturated heterocycles. The van der Waals surface area contributed by atoms with E-state index in [1.54, 1.807) is 6.20 Å². The van der Waals surface area contributed by atoms with Gasteiger partial charge in [-0.25, -0.2) is 4.98 Å². The van der Waals surface area contributed by atoms with Crippen molar-refractivity contribution in [2.24, 2.45) is 0 Å². The average Bonchev–Trinajstić information content (AvgIpc) is 2.69. The molecule has 0 saturated carbocycles. The first-order chi connectivity index (χ1) is 7.95. The van der Waals surface area contributed by atoms with Crippen LogP contribution in [-0.2, 0) is 5.41 Å². The monoisotopic (exact) mass is 361 g/mol. The molecule has 4 nitrogen and oxygen atoms in total.